The lowest BCUT2D eigenvalue weighted by atomic mass is 9.96. The first-order valence-electron chi connectivity index (χ1n) is 14.6. The Morgan fingerprint density at radius 2 is 1.24 bits per heavy atom. The number of benzene rings is 3. The Labute approximate surface area is 262 Å². The molecule has 3 aromatic rings. The van der Waals surface area contributed by atoms with E-state index < -0.39 is 29.3 Å². The number of ether oxygens (including phenoxy) is 5. The van der Waals surface area contributed by atoms with Gasteiger partial charge in [0, 0.05) is 5.41 Å². The van der Waals surface area contributed by atoms with Gasteiger partial charge in [0.05, 0.1) is 43.1 Å². The lowest BCUT2D eigenvalue weighted by Crippen LogP contribution is -2.30. The molecule has 0 aliphatic carbocycles. The van der Waals surface area contributed by atoms with E-state index in [1.54, 1.807) is 44.2 Å². The van der Waals surface area contributed by atoms with E-state index in [4.69, 9.17) is 23.7 Å². The molecule has 0 saturated heterocycles. The van der Waals surface area contributed by atoms with Crippen LogP contribution in [0.15, 0.2) is 72.8 Å². The van der Waals surface area contributed by atoms with Gasteiger partial charge in [-0.05, 0) is 73.5 Å². The molecule has 0 aliphatic rings. The molecular formula is C35H38O10. The van der Waals surface area contributed by atoms with E-state index in [9.17, 15) is 24.0 Å². The Bertz CT molecular complexity index is 1490. The molecule has 0 saturated carbocycles. The van der Waals surface area contributed by atoms with Gasteiger partial charge in [-0.2, -0.15) is 0 Å². The normalized spacial score (nSPS) is 11.6. The van der Waals surface area contributed by atoms with Crippen molar-refractivity contribution in [1.29, 1.82) is 0 Å². The number of hydrogen-bond donors (Lipinski definition) is 0. The third kappa shape index (κ3) is 11.2. The summed E-state index contributed by atoms with van der Waals surface area (Å²) in [5.41, 5.74) is 0.503. The second-order valence-corrected chi connectivity index (χ2v) is 11.3. The maximum atomic E-state index is 12.8. The number of carbonyl (C=O) groups is 5. The SMILES string of the molecule is CCC(C)C(=O)OCC(C)(C)COC(=O)CCC(=O)Oc1ccc(OC(=O)c2ccc(C(=O)Oc3ccccc3)cc2C)cc1. The molecule has 0 heterocycles. The average Bonchev–Trinajstić information content (AvgIpc) is 3.02. The lowest BCUT2D eigenvalue weighted by Gasteiger charge is -2.24. The van der Waals surface area contributed by atoms with Crippen molar-refractivity contribution in [3.05, 3.63) is 89.5 Å². The minimum absolute atomic E-state index is 0.0271. The van der Waals surface area contributed by atoms with Gasteiger partial charge in [0.25, 0.3) is 0 Å². The molecule has 0 amide bonds. The van der Waals surface area contributed by atoms with Gasteiger partial charge in [0.1, 0.15) is 17.2 Å². The molecule has 0 aromatic heterocycles. The molecule has 1 unspecified atom stereocenters. The fourth-order valence-electron chi connectivity index (χ4n) is 3.76. The quantitative estimate of drug-likeness (QED) is 0.150. The Balaban J connectivity index is 1.42. The van der Waals surface area contributed by atoms with Crippen LogP contribution in [0, 0.1) is 18.3 Å². The van der Waals surface area contributed by atoms with Gasteiger partial charge in [-0.3, -0.25) is 14.4 Å². The summed E-state index contributed by atoms with van der Waals surface area (Å²) in [6.07, 6.45) is 0.293. The molecule has 0 spiro atoms. The van der Waals surface area contributed by atoms with Crippen LogP contribution >= 0.6 is 0 Å². The van der Waals surface area contributed by atoms with Crippen LogP contribution in [0.25, 0.3) is 0 Å². The highest BCUT2D eigenvalue weighted by Crippen LogP contribution is 2.22. The molecule has 0 radical (unpaired) electrons. The molecule has 3 rings (SSSR count). The summed E-state index contributed by atoms with van der Waals surface area (Å²) >= 11 is 0. The first-order valence-corrected chi connectivity index (χ1v) is 14.6. The summed E-state index contributed by atoms with van der Waals surface area (Å²) in [4.78, 5) is 61.5. The molecule has 0 N–H and O–H groups in total. The summed E-state index contributed by atoms with van der Waals surface area (Å²) < 4.78 is 26.6. The zero-order valence-corrected chi connectivity index (χ0v) is 26.1. The Hall–Kier alpha value is -4.99. The molecule has 10 heteroatoms. The smallest absolute Gasteiger partial charge is 0.343 e. The summed E-state index contributed by atoms with van der Waals surface area (Å²) in [5, 5.41) is 0. The average molecular weight is 619 g/mol. The van der Waals surface area contributed by atoms with E-state index >= 15 is 0 Å². The van der Waals surface area contributed by atoms with Crippen LogP contribution in [0.4, 0.5) is 0 Å². The van der Waals surface area contributed by atoms with Gasteiger partial charge in [-0.1, -0.05) is 45.9 Å². The first kappa shape index (κ1) is 34.5. The molecule has 3 aromatic carbocycles. The highest BCUT2D eigenvalue weighted by atomic mass is 16.6. The number of rotatable bonds is 14. The number of para-hydroxylation sites is 1. The van der Waals surface area contributed by atoms with Gasteiger partial charge in [0.2, 0.25) is 0 Å². The van der Waals surface area contributed by atoms with Crippen LogP contribution in [-0.4, -0.2) is 43.1 Å². The zero-order valence-electron chi connectivity index (χ0n) is 26.1. The molecule has 1 atom stereocenters. The van der Waals surface area contributed by atoms with Crippen molar-refractivity contribution in [2.75, 3.05) is 13.2 Å². The van der Waals surface area contributed by atoms with Crippen molar-refractivity contribution >= 4 is 29.8 Å². The predicted molar refractivity (Wildman–Crippen MR) is 164 cm³/mol. The molecule has 0 aliphatic heterocycles. The third-order valence-corrected chi connectivity index (χ3v) is 6.68. The van der Waals surface area contributed by atoms with Crippen molar-refractivity contribution in [3.8, 4) is 17.2 Å². The summed E-state index contributed by atoms with van der Waals surface area (Å²) in [6.45, 7) is 9.11. The molecule has 238 valence electrons. The van der Waals surface area contributed by atoms with Crippen molar-refractivity contribution in [2.24, 2.45) is 11.3 Å². The van der Waals surface area contributed by atoms with Crippen LogP contribution in [-0.2, 0) is 23.9 Å². The zero-order chi connectivity index (χ0) is 33.0. The Kier molecular flexibility index (Phi) is 12.4. The van der Waals surface area contributed by atoms with Crippen LogP contribution < -0.4 is 14.2 Å². The molecule has 10 nitrogen and oxygen atoms in total. The van der Waals surface area contributed by atoms with Crippen molar-refractivity contribution < 1.29 is 47.7 Å². The number of aryl methyl sites for hydroxylation is 1. The summed E-state index contributed by atoms with van der Waals surface area (Å²) in [5.74, 6) is -2.06. The highest BCUT2D eigenvalue weighted by molar-refractivity contribution is 5.96. The van der Waals surface area contributed by atoms with Gasteiger partial charge in [0.15, 0.2) is 0 Å². The Morgan fingerprint density at radius 1 is 0.689 bits per heavy atom. The van der Waals surface area contributed by atoms with Crippen molar-refractivity contribution in [2.45, 2.75) is 53.9 Å². The second kappa shape index (κ2) is 16.2. The number of esters is 5. The van der Waals surface area contributed by atoms with E-state index in [2.05, 4.69) is 0 Å². The van der Waals surface area contributed by atoms with E-state index in [1.165, 1.54) is 36.4 Å². The Morgan fingerprint density at radius 3 is 1.87 bits per heavy atom. The predicted octanol–water partition coefficient (Wildman–Crippen LogP) is 6.28. The lowest BCUT2D eigenvalue weighted by molar-refractivity contribution is -0.156. The van der Waals surface area contributed by atoms with E-state index in [0.717, 1.165) is 0 Å². The first-order chi connectivity index (χ1) is 21.4. The minimum atomic E-state index is -0.639. The van der Waals surface area contributed by atoms with E-state index in [-0.39, 0.29) is 60.6 Å². The van der Waals surface area contributed by atoms with Crippen LogP contribution in [0.3, 0.4) is 0 Å². The van der Waals surface area contributed by atoms with Gasteiger partial charge < -0.3 is 23.7 Å². The maximum Gasteiger partial charge on any atom is 0.343 e. The van der Waals surface area contributed by atoms with Crippen LogP contribution in [0.5, 0.6) is 17.2 Å². The highest BCUT2D eigenvalue weighted by Gasteiger charge is 2.24. The minimum Gasteiger partial charge on any atom is -0.465 e. The van der Waals surface area contributed by atoms with Crippen molar-refractivity contribution in [1.82, 2.24) is 0 Å². The molecule has 0 bridgehead atoms. The van der Waals surface area contributed by atoms with Gasteiger partial charge in [-0.15, -0.1) is 0 Å². The summed E-state index contributed by atoms with van der Waals surface area (Å²) in [6, 6.07) is 19.0. The van der Waals surface area contributed by atoms with Gasteiger partial charge >= 0.3 is 29.8 Å². The second-order valence-electron chi connectivity index (χ2n) is 11.3. The van der Waals surface area contributed by atoms with E-state index in [0.29, 0.717) is 17.7 Å². The number of carbonyl (C=O) groups excluding carboxylic acids is 5. The van der Waals surface area contributed by atoms with E-state index in [1.807, 2.05) is 26.8 Å². The fraction of sp³-hybridized carbons (Fsp3) is 0.343. The largest absolute Gasteiger partial charge is 0.465 e. The molecule has 45 heavy (non-hydrogen) atoms. The monoisotopic (exact) mass is 618 g/mol. The number of hydrogen-bond acceptors (Lipinski definition) is 10. The van der Waals surface area contributed by atoms with Crippen LogP contribution in [0.1, 0.15) is 73.2 Å². The summed E-state index contributed by atoms with van der Waals surface area (Å²) in [7, 11) is 0. The standard InChI is InChI=1S/C35H38O10/c1-6-23(2)32(38)42-22-35(4,5)21-41-30(36)18-19-31(37)43-27-13-15-28(16-14-27)45-34(40)29-17-12-25(20-24(29)3)33(39)44-26-10-8-7-9-11-26/h7-17,20,23H,6,18-19,21-22H2,1-5H3. The van der Waals surface area contributed by atoms with Crippen molar-refractivity contribution in [3.63, 3.8) is 0 Å². The van der Waals surface area contributed by atoms with Gasteiger partial charge in [-0.25, -0.2) is 9.59 Å². The maximum absolute atomic E-state index is 12.8. The molecule has 0 fully saturated rings. The van der Waals surface area contributed by atoms with Crippen LogP contribution in [0.2, 0.25) is 0 Å². The fourth-order valence-corrected chi connectivity index (χ4v) is 3.76. The topological polar surface area (TPSA) is 132 Å². The molecular weight excluding hydrogens is 580 g/mol. The third-order valence-electron chi connectivity index (χ3n) is 6.68.